The van der Waals surface area contributed by atoms with E-state index in [2.05, 4.69) is 31.2 Å². The van der Waals surface area contributed by atoms with Gasteiger partial charge in [-0.1, -0.05) is 32.3 Å². The predicted molar refractivity (Wildman–Crippen MR) is 87.1 cm³/mol. The molecule has 0 radical (unpaired) electrons. The first kappa shape index (κ1) is 16.4. The van der Waals surface area contributed by atoms with Crippen molar-refractivity contribution >= 4 is 0 Å². The number of nitrogens with one attached hydrogen (secondary N) is 1. The van der Waals surface area contributed by atoms with Crippen LogP contribution in [0.1, 0.15) is 56.2 Å². The number of nitrogens with zero attached hydrogens (tertiary/aromatic N) is 1. The van der Waals surface area contributed by atoms with Crippen molar-refractivity contribution in [3.8, 4) is 0 Å². The van der Waals surface area contributed by atoms with Crippen molar-refractivity contribution in [2.24, 2.45) is 0 Å². The van der Waals surface area contributed by atoms with E-state index in [0.29, 0.717) is 0 Å². The summed E-state index contributed by atoms with van der Waals surface area (Å²) in [6.07, 6.45) is 6.29. The molecule has 0 saturated heterocycles. The summed E-state index contributed by atoms with van der Waals surface area (Å²) in [5.74, 6) is -0.144. The van der Waals surface area contributed by atoms with E-state index in [4.69, 9.17) is 0 Å². The minimum Gasteiger partial charge on any atom is -0.309 e. The Bertz CT molecular complexity index is 464. The van der Waals surface area contributed by atoms with Crippen molar-refractivity contribution in [1.29, 1.82) is 0 Å². The molecule has 0 aromatic heterocycles. The van der Waals surface area contributed by atoms with Crippen LogP contribution in [0.25, 0.3) is 0 Å². The molecule has 118 valence electrons. The zero-order valence-electron chi connectivity index (χ0n) is 13.9. The van der Waals surface area contributed by atoms with Crippen LogP contribution < -0.4 is 5.32 Å². The summed E-state index contributed by atoms with van der Waals surface area (Å²) in [5.41, 5.74) is 2.43. The molecule has 1 aromatic carbocycles. The highest BCUT2D eigenvalue weighted by Gasteiger charge is 2.42. The van der Waals surface area contributed by atoms with E-state index >= 15 is 0 Å². The minimum absolute atomic E-state index is 0.136. The van der Waals surface area contributed by atoms with E-state index in [1.165, 1.54) is 37.7 Å². The second-order valence-electron chi connectivity index (χ2n) is 6.55. The smallest absolute Gasteiger partial charge is 0.123 e. The lowest BCUT2D eigenvalue weighted by Gasteiger charge is -2.49. The normalized spacial score (nSPS) is 19.7. The first-order chi connectivity index (χ1) is 10.0. The summed E-state index contributed by atoms with van der Waals surface area (Å²) < 4.78 is 13.5. The van der Waals surface area contributed by atoms with Gasteiger partial charge in [0.05, 0.1) is 6.04 Å². The van der Waals surface area contributed by atoms with Gasteiger partial charge in [0, 0.05) is 5.54 Å². The molecule has 0 heterocycles. The Morgan fingerprint density at radius 2 is 1.90 bits per heavy atom. The molecule has 1 fully saturated rings. The number of halogens is 1. The zero-order chi connectivity index (χ0) is 15.5. The van der Waals surface area contributed by atoms with Gasteiger partial charge < -0.3 is 10.2 Å². The van der Waals surface area contributed by atoms with Gasteiger partial charge in [-0.25, -0.2) is 4.39 Å². The molecule has 1 aromatic rings. The van der Waals surface area contributed by atoms with Crippen LogP contribution in [0, 0.1) is 12.7 Å². The van der Waals surface area contributed by atoms with Crippen molar-refractivity contribution in [3.05, 3.63) is 35.1 Å². The van der Waals surface area contributed by atoms with Crippen molar-refractivity contribution in [1.82, 2.24) is 10.2 Å². The quantitative estimate of drug-likeness (QED) is 0.881. The fourth-order valence-corrected chi connectivity index (χ4v) is 3.91. The van der Waals surface area contributed by atoms with E-state index in [1.807, 2.05) is 13.0 Å². The predicted octanol–water partition coefficient (Wildman–Crippen LogP) is 4.05. The van der Waals surface area contributed by atoms with Crippen molar-refractivity contribution in [2.45, 2.75) is 57.5 Å². The van der Waals surface area contributed by atoms with Crippen LogP contribution in [0.5, 0.6) is 0 Å². The number of aryl methyl sites for hydroxylation is 1. The minimum atomic E-state index is -0.144. The van der Waals surface area contributed by atoms with Gasteiger partial charge in [0.1, 0.15) is 5.82 Å². The van der Waals surface area contributed by atoms with E-state index in [9.17, 15) is 4.39 Å². The molecule has 1 N–H and O–H groups in total. The fourth-order valence-electron chi connectivity index (χ4n) is 3.91. The zero-order valence-corrected chi connectivity index (χ0v) is 13.9. The molecule has 0 aliphatic heterocycles. The average molecular weight is 292 g/mol. The van der Waals surface area contributed by atoms with Gasteiger partial charge in [0.2, 0.25) is 0 Å². The van der Waals surface area contributed by atoms with Crippen molar-refractivity contribution in [2.75, 3.05) is 20.6 Å². The molecule has 1 saturated carbocycles. The van der Waals surface area contributed by atoms with Crippen LogP contribution in [-0.4, -0.2) is 31.1 Å². The second kappa shape index (κ2) is 6.89. The number of benzene rings is 1. The van der Waals surface area contributed by atoms with Gasteiger partial charge in [-0.15, -0.1) is 0 Å². The highest BCUT2D eigenvalue weighted by atomic mass is 19.1. The third kappa shape index (κ3) is 3.29. The largest absolute Gasteiger partial charge is 0.309 e. The van der Waals surface area contributed by atoms with Crippen LogP contribution in [0.3, 0.4) is 0 Å². The summed E-state index contributed by atoms with van der Waals surface area (Å²) in [7, 11) is 4.38. The lowest BCUT2D eigenvalue weighted by Crippen LogP contribution is -2.55. The molecule has 21 heavy (non-hydrogen) atoms. The Morgan fingerprint density at radius 1 is 1.24 bits per heavy atom. The second-order valence-corrected chi connectivity index (χ2v) is 6.55. The van der Waals surface area contributed by atoms with Crippen LogP contribution in [-0.2, 0) is 0 Å². The molecule has 2 nitrogen and oxygen atoms in total. The summed E-state index contributed by atoms with van der Waals surface area (Å²) in [6.45, 7) is 5.10. The maximum absolute atomic E-state index is 13.5. The summed E-state index contributed by atoms with van der Waals surface area (Å²) in [4.78, 5) is 2.39. The van der Waals surface area contributed by atoms with Crippen LogP contribution in [0.15, 0.2) is 18.2 Å². The standard InChI is InChI=1S/C18H29FN2/c1-5-20-17(16-10-9-15(19)13-14(16)2)18(21(3)4)11-7-6-8-12-18/h9-10,13,17,20H,5-8,11-12H2,1-4H3. The molecule has 0 bridgehead atoms. The summed E-state index contributed by atoms with van der Waals surface area (Å²) in [6, 6.07) is 5.49. The van der Waals surface area contributed by atoms with Gasteiger partial charge in [-0.3, -0.25) is 0 Å². The first-order valence-corrected chi connectivity index (χ1v) is 8.18. The molecule has 1 aliphatic rings. The SMILES string of the molecule is CCNC(c1ccc(F)cc1C)C1(N(C)C)CCCCC1. The van der Waals surface area contributed by atoms with Gasteiger partial charge in [-0.05, 0) is 63.7 Å². The number of likely N-dealkylation sites (N-methyl/N-ethyl adjacent to an activating group) is 2. The third-order valence-electron chi connectivity index (χ3n) is 5.10. The van der Waals surface area contributed by atoms with E-state index < -0.39 is 0 Å². The van der Waals surface area contributed by atoms with E-state index in [1.54, 1.807) is 12.1 Å². The molecule has 1 atom stereocenters. The Balaban J connectivity index is 2.44. The maximum Gasteiger partial charge on any atom is 0.123 e. The molecule has 2 rings (SSSR count). The topological polar surface area (TPSA) is 15.3 Å². The Kier molecular flexibility index (Phi) is 5.39. The number of hydrogen-bond donors (Lipinski definition) is 1. The van der Waals surface area contributed by atoms with Crippen LogP contribution in [0.4, 0.5) is 4.39 Å². The van der Waals surface area contributed by atoms with Crippen LogP contribution >= 0.6 is 0 Å². The molecule has 0 spiro atoms. The molecule has 1 unspecified atom stereocenters. The first-order valence-electron chi connectivity index (χ1n) is 8.18. The maximum atomic E-state index is 13.5. The Hall–Kier alpha value is -0.930. The Labute approximate surface area is 128 Å². The lowest BCUT2D eigenvalue weighted by atomic mass is 9.72. The van der Waals surface area contributed by atoms with E-state index in [-0.39, 0.29) is 17.4 Å². The average Bonchev–Trinajstić information content (AvgIpc) is 2.46. The Morgan fingerprint density at radius 3 is 2.43 bits per heavy atom. The highest BCUT2D eigenvalue weighted by molar-refractivity contribution is 5.32. The third-order valence-corrected chi connectivity index (χ3v) is 5.10. The summed E-state index contributed by atoms with van der Waals surface area (Å²) in [5, 5.41) is 3.69. The summed E-state index contributed by atoms with van der Waals surface area (Å²) >= 11 is 0. The lowest BCUT2D eigenvalue weighted by molar-refractivity contribution is 0.0568. The molecule has 0 amide bonds. The molecule has 1 aliphatic carbocycles. The van der Waals surface area contributed by atoms with Crippen LogP contribution in [0.2, 0.25) is 0 Å². The van der Waals surface area contributed by atoms with Gasteiger partial charge in [-0.2, -0.15) is 0 Å². The van der Waals surface area contributed by atoms with Gasteiger partial charge >= 0.3 is 0 Å². The number of rotatable bonds is 5. The van der Waals surface area contributed by atoms with Gasteiger partial charge in [0.25, 0.3) is 0 Å². The number of hydrogen-bond acceptors (Lipinski definition) is 2. The van der Waals surface area contributed by atoms with E-state index in [0.717, 1.165) is 12.1 Å². The highest BCUT2D eigenvalue weighted by Crippen LogP contribution is 2.42. The molecular formula is C18H29FN2. The monoisotopic (exact) mass is 292 g/mol. The molecular weight excluding hydrogens is 263 g/mol. The molecule has 3 heteroatoms. The van der Waals surface area contributed by atoms with Crippen molar-refractivity contribution < 1.29 is 4.39 Å². The van der Waals surface area contributed by atoms with Gasteiger partial charge in [0.15, 0.2) is 0 Å². The fraction of sp³-hybridized carbons (Fsp3) is 0.667. The van der Waals surface area contributed by atoms with Crippen molar-refractivity contribution in [3.63, 3.8) is 0 Å².